The molecule has 0 bridgehead atoms. The topological polar surface area (TPSA) is 31.4 Å². The highest BCUT2D eigenvalue weighted by molar-refractivity contribution is 7.07. The van der Waals surface area contributed by atoms with Crippen LogP contribution in [0.3, 0.4) is 0 Å². The molecule has 0 N–H and O–H groups in total. The number of nitrogens with zero attached hydrogens (tertiary/aromatic N) is 1. The fraction of sp³-hybridized carbons (Fsp3) is 0.167. The highest BCUT2D eigenvalue weighted by Crippen LogP contribution is 2.36. The van der Waals surface area contributed by atoms with Crippen molar-refractivity contribution in [3.8, 4) is 17.5 Å². The second-order valence-corrected chi connectivity index (χ2v) is 6.36. The summed E-state index contributed by atoms with van der Waals surface area (Å²) in [6.45, 7) is -0.0131. The van der Waals surface area contributed by atoms with Gasteiger partial charge in [-0.25, -0.2) is 0 Å². The molecule has 28 heavy (non-hydrogen) atoms. The fourth-order valence-electron chi connectivity index (χ4n) is 2.16. The van der Waals surface area contributed by atoms with Crippen LogP contribution in [0.15, 0.2) is 53.2 Å². The lowest BCUT2D eigenvalue weighted by atomic mass is 10.2. The first-order valence-corrected chi connectivity index (χ1v) is 8.64. The Balaban J connectivity index is 1.88. The lowest BCUT2D eigenvalue weighted by Crippen LogP contribution is -2.08. The predicted octanol–water partition coefficient (Wildman–Crippen LogP) is 6.55. The van der Waals surface area contributed by atoms with E-state index in [-0.39, 0.29) is 18.2 Å². The highest BCUT2D eigenvalue weighted by Gasteiger charge is 2.33. The van der Waals surface area contributed by atoms with E-state index in [1.54, 1.807) is 16.8 Å². The van der Waals surface area contributed by atoms with Gasteiger partial charge in [-0.1, -0.05) is 6.07 Å². The number of alkyl halides is 6. The lowest BCUT2D eigenvalue weighted by Gasteiger charge is -2.13. The Kier molecular flexibility index (Phi) is 5.50. The summed E-state index contributed by atoms with van der Waals surface area (Å²) in [6, 6.07) is 6.79. The summed E-state index contributed by atoms with van der Waals surface area (Å²) >= 11 is 1.39. The molecule has 0 radical (unpaired) electrons. The second kappa shape index (κ2) is 7.70. The normalized spacial score (nSPS) is 12.1. The van der Waals surface area contributed by atoms with Gasteiger partial charge in [-0.15, -0.1) is 0 Å². The van der Waals surface area contributed by atoms with Crippen LogP contribution >= 0.6 is 11.3 Å². The van der Waals surface area contributed by atoms with Crippen LogP contribution in [0.1, 0.15) is 16.7 Å². The van der Waals surface area contributed by atoms with Crippen LogP contribution in [-0.4, -0.2) is 4.98 Å². The van der Waals surface area contributed by atoms with E-state index >= 15 is 0 Å². The van der Waals surface area contributed by atoms with Crippen molar-refractivity contribution >= 4 is 11.3 Å². The smallest absolute Gasteiger partial charge is 0.416 e. The van der Waals surface area contributed by atoms with Gasteiger partial charge >= 0.3 is 12.4 Å². The van der Waals surface area contributed by atoms with Gasteiger partial charge in [0.2, 0.25) is 11.8 Å². The van der Waals surface area contributed by atoms with Gasteiger partial charge in [-0.2, -0.15) is 42.7 Å². The molecule has 0 atom stereocenters. The lowest BCUT2D eigenvalue weighted by molar-refractivity contribution is -0.138. The van der Waals surface area contributed by atoms with E-state index in [1.165, 1.54) is 17.4 Å². The molecule has 148 valence electrons. The minimum atomic E-state index is -4.71. The molecule has 1 aromatic carbocycles. The third-order valence-corrected chi connectivity index (χ3v) is 4.19. The zero-order valence-electron chi connectivity index (χ0n) is 13.8. The monoisotopic (exact) mass is 419 g/mol. The minimum absolute atomic E-state index is 0.0131. The number of hydrogen-bond acceptors (Lipinski definition) is 4. The van der Waals surface area contributed by atoms with Crippen LogP contribution < -0.4 is 9.47 Å². The average Bonchev–Trinajstić information content (AvgIpc) is 3.12. The molecule has 0 unspecified atom stereocenters. The number of pyridine rings is 1. The van der Waals surface area contributed by atoms with Crippen molar-refractivity contribution in [3.05, 3.63) is 69.9 Å². The van der Waals surface area contributed by atoms with E-state index in [1.807, 2.05) is 0 Å². The van der Waals surface area contributed by atoms with Gasteiger partial charge in [0.1, 0.15) is 12.4 Å². The molecule has 0 saturated carbocycles. The molecule has 0 saturated heterocycles. The van der Waals surface area contributed by atoms with Gasteiger partial charge in [0.25, 0.3) is 0 Å². The summed E-state index contributed by atoms with van der Waals surface area (Å²) in [7, 11) is 0. The molecule has 0 aliphatic rings. The molecule has 3 rings (SSSR count). The molecule has 2 aromatic heterocycles. The molecule has 10 heteroatoms. The van der Waals surface area contributed by atoms with Crippen LogP contribution in [0, 0.1) is 0 Å². The van der Waals surface area contributed by atoms with E-state index < -0.39 is 29.4 Å². The van der Waals surface area contributed by atoms with Crippen molar-refractivity contribution in [2.24, 2.45) is 0 Å². The van der Waals surface area contributed by atoms with Crippen molar-refractivity contribution in [2.45, 2.75) is 19.0 Å². The SMILES string of the molecule is FC(F)(F)c1cccc(Oc2cc(C(F)(F)F)cc(OCc3ccsc3)n2)c1. The van der Waals surface area contributed by atoms with Crippen molar-refractivity contribution < 1.29 is 35.8 Å². The minimum Gasteiger partial charge on any atom is -0.473 e. The standard InChI is InChI=1S/C18H11F6NO2S/c19-17(20,21)12-2-1-3-14(6-12)27-16-8-13(18(22,23)24)7-15(25-16)26-9-11-4-5-28-10-11/h1-8,10H,9H2. The van der Waals surface area contributed by atoms with Crippen LogP contribution in [-0.2, 0) is 19.0 Å². The Morgan fingerprint density at radius 2 is 1.57 bits per heavy atom. The van der Waals surface area contributed by atoms with Gasteiger partial charge in [0, 0.05) is 17.7 Å². The first-order chi connectivity index (χ1) is 13.1. The van der Waals surface area contributed by atoms with Crippen molar-refractivity contribution in [3.63, 3.8) is 0 Å². The summed E-state index contributed by atoms with van der Waals surface area (Å²) in [6.07, 6.45) is -9.33. The Hall–Kier alpha value is -2.75. The van der Waals surface area contributed by atoms with E-state index in [4.69, 9.17) is 9.47 Å². The van der Waals surface area contributed by atoms with Crippen LogP contribution in [0.4, 0.5) is 26.3 Å². The van der Waals surface area contributed by atoms with Crippen molar-refractivity contribution in [1.29, 1.82) is 0 Å². The van der Waals surface area contributed by atoms with Gasteiger partial charge in [-0.3, -0.25) is 0 Å². The molecule has 0 amide bonds. The molecular weight excluding hydrogens is 408 g/mol. The van der Waals surface area contributed by atoms with Gasteiger partial charge in [-0.05, 0) is 35.0 Å². The number of halogens is 6. The quantitative estimate of drug-likeness (QED) is 0.440. The zero-order valence-corrected chi connectivity index (χ0v) is 14.7. The first-order valence-electron chi connectivity index (χ1n) is 7.69. The molecule has 3 aromatic rings. The van der Waals surface area contributed by atoms with Crippen molar-refractivity contribution in [1.82, 2.24) is 4.98 Å². The fourth-order valence-corrected chi connectivity index (χ4v) is 2.81. The van der Waals surface area contributed by atoms with E-state index in [0.29, 0.717) is 18.2 Å². The molecule has 3 nitrogen and oxygen atoms in total. The Bertz CT molecular complexity index is 938. The van der Waals surface area contributed by atoms with Crippen molar-refractivity contribution in [2.75, 3.05) is 0 Å². The van der Waals surface area contributed by atoms with Gasteiger partial charge in [0.05, 0.1) is 11.1 Å². The summed E-state index contributed by atoms with van der Waals surface area (Å²) < 4.78 is 88.2. The summed E-state index contributed by atoms with van der Waals surface area (Å²) in [5, 5.41) is 3.54. The Morgan fingerprint density at radius 1 is 0.857 bits per heavy atom. The number of ether oxygens (including phenoxy) is 2. The van der Waals surface area contributed by atoms with Gasteiger partial charge in [0.15, 0.2) is 0 Å². The molecule has 0 aliphatic carbocycles. The van der Waals surface area contributed by atoms with Gasteiger partial charge < -0.3 is 9.47 Å². The average molecular weight is 419 g/mol. The number of rotatable bonds is 5. The molecule has 2 heterocycles. The van der Waals surface area contributed by atoms with Crippen LogP contribution in [0.5, 0.6) is 17.5 Å². The maximum atomic E-state index is 13.1. The van der Waals surface area contributed by atoms with Crippen LogP contribution in [0.2, 0.25) is 0 Å². The molecule has 0 spiro atoms. The maximum absolute atomic E-state index is 13.1. The Morgan fingerprint density at radius 3 is 2.21 bits per heavy atom. The predicted molar refractivity (Wildman–Crippen MR) is 89.4 cm³/mol. The van der Waals surface area contributed by atoms with Crippen LogP contribution in [0.25, 0.3) is 0 Å². The summed E-state index contributed by atoms with van der Waals surface area (Å²) in [5.41, 5.74) is -1.35. The number of hydrogen-bond donors (Lipinski definition) is 0. The first kappa shape index (κ1) is 20.0. The molecular formula is C18H11F6NO2S. The third-order valence-electron chi connectivity index (χ3n) is 3.46. The summed E-state index contributed by atoms with van der Waals surface area (Å²) in [5.74, 6) is -1.19. The Labute approximate surface area is 159 Å². The van der Waals surface area contributed by atoms with E-state index in [9.17, 15) is 26.3 Å². The number of thiophene rings is 1. The second-order valence-electron chi connectivity index (χ2n) is 5.58. The maximum Gasteiger partial charge on any atom is 0.416 e. The van der Waals surface area contributed by atoms with E-state index in [0.717, 1.165) is 17.7 Å². The number of aromatic nitrogens is 1. The highest BCUT2D eigenvalue weighted by atomic mass is 32.1. The molecule has 0 aliphatic heterocycles. The zero-order chi connectivity index (χ0) is 20.4. The molecule has 0 fully saturated rings. The largest absolute Gasteiger partial charge is 0.473 e. The summed E-state index contributed by atoms with van der Waals surface area (Å²) in [4.78, 5) is 3.81. The third kappa shape index (κ3) is 5.16. The van der Waals surface area contributed by atoms with E-state index in [2.05, 4.69) is 4.98 Å². The number of benzene rings is 1.